The molecule has 0 spiro atoms. The highest BCUT2D eigenvalue weighted by Gasteiger charge is 2.16. The molecule has 3 rings (SSSR count). The van der Waals surface area contributed by atoms with Gasteiger partial charge in [0.1, 0.15) is 0 Å². The zero-order valence-electron chi connectivity index (χ0n) is 23.4. The predicted molar refractivity (Wildman–Crippen MR) is 169 cm³/mol. The SMILES string of the molecule is Cc1ccc(NC(=S)N(CCCN(CC(C)C)CC(C)C)Cc2cccn2Cc2ccc(Cl)cc2)cc1Cl. The van der Waals surface area contributed by atoms with Crippen molar-refractivity contribution >= 4 is 46.2 Å². The summed E-state index contributed by atoms with van der Waals surface area (Å²) in [6.07, 6.45) is 3.17. The third-order valence-electron chi connectivity index (χ3n) is 6.40. The molecular weight excluding hydrogens is 531 g/mol. The molecule has 0 unspecified atom stereocenters. The fourth-order valence-corrected chi connectivity index (χ4v) is 5.21. The minimum Gasteiger partial charge on any atom is -0.345 e. The molecular formula is C31H42Cl2N4S. The van der Waals surface area contributed by atoms with E-state index in [0.717, 1.165) is 67.0 Å². The second kappa shape index (κ2) is 14.9. The summed E-state index contributed by atoms with van der Waals surface area (Å²) in [7, 11) is 0. The molecule has 1 N–H and O–H groups in total. The number of rotatable bonds is 13. The van der Waals surface area contributed by atoms with Crippen LogP contribution in [0.5, 0.6) is 0 Å². The van der Waals surface area contributed by atoms with Gasteiger partial charge in [-0.05, 0) is 91.5 Å². The van der Waals surface area contributed by atoms with E-state index in [2.05, 4.69) is 77.8 Å². The molecule has 0 aliphatic carbocycles. The molecule has 0 radical (unpaired) electrons. The summed E-state index contributed by atoms with van der Waals surface area (Å²) in [6, 6.07) is 18.3. The van der Waals surface area contributed by atoms with Gasteiger partial charge in [0.15, 0.2) is 5.11 Å². The number of hydrogen-bond donors (Lipinski definition) is 1. The van der Waals surface area contributed by atoms with Crippen molar-refractivity contribution in [2.75, 3.05) is 31.5 Å². The van der Waals surface area contributed by atoms with Crippen molar-refractivity contribution < 1.29 is 0 Å². The van der Waals surface area contributed by atoms with Gasteiger partial charge in [-0.15, -0.1) is 0 Å². The molecule has 1 aromatic heterocycles. The van der Waals surface area contributed by atoms with Gasteiger partial charge < -0.3 is 19.7 Å². The van der Waals surface area contributed by atoms with Crippen LogP contribution in [-0.4, -0.2) is 45.7 Å². The fourth-order valence-electron chi connectivity index (χ4n) is 4.63. The van der Waals surface area contributed by atoms with E-state index in [0.29, 0.717) is 16.9 Å². The van der Waals surface area contributed by atoms with Gasteiger partial charge in [0, 0.05) is 53.8 Å². The van der Waals surface area contributed by atoms with E-state index in [1.54, 1.807) is 0 Å². The molecule has 2 aromatic carbocycles. The molecule has 4 nitrogen and oxygen atoms in total. The number of hydrogen-bond acceptors (Lipinski definition) is 2. The average molecular weight is 574 g/mol. The van der Waals surface area contributed by atoms with Crippen molar-refractivity contribution in [1.29, 1.82) is 0 Å². The number of aryl methyl sites for hydroxylation is 1. The quantitative estimate of drug-likeness (QED) is 0.208. The highest BCUT2D eigenvalue weighted by atomic mass is 35.5. The largest absolute Gasteiger partial charge is 0.345 e. The van der Waals surface area contributed by atoms with Gasteiger partial charge in [0.05, 0.1) is 6.54 Å². The number of halogens is 2. The summed E-state index contributed by atoms with van der Waals surface area (Å²) < 4.78 is 2.28. The van der Waals surface area contributed by atoms with Gasteiger partial charge in [-0.1, -0.05) is 69.1 Å². The van der Waals surface area contributed by atoms with Gasteiger partial charge in [-0.3, -0.25) is 0 Å². The molecule has 1 heterocycles. The summed E-state index contributed by atoms with van der Waals surface area (Å²) in [5.74, 6) is 1.30. The Morgan fingerprint density at radius 3 is 2.26 bits per heavy atom. The topological polar surface area (TPSA) is 23.4 Å². The zero-order chi connectivity index (χ0) is 27.7. The lowest BCUT2D eigenvalue weighted by Gasteiger charge is -2.30. The average Bonchev–Trinajstić information content (AvgIpc) is 3.27. The fraction of sp³-hybridized carbons (Fsp3) is 0.452. The van der Waals surface area contributed by atoms with E-state index in [4.69, 9.17) is 35.4 Å². The van der Waals surface area contributed by atoms with Gasteiger partial charge in [-0.2, -0.15) is 0 Å². The maximum Gasteiger partial charge on any atom is 0.173 e. The Labute approximate surface area is 244 Å². The lowest BCUT2D eigenvalue weighted by Crippen LogP contribution is -2.38. The van der Waals surface area contributed by atoms with E-state index in [-0.39, 0.29) is 0 Å². The second-order valence-electron chi connectivity index (χ2n) is 11.0. The Bertz CT molecular complexity index is 1150. The molecule has 0 saturated heterocycles. The monoisotopic (exact) mass is 572 g/mol. The van der Waals surface area contributed by atoms with Crippen LogP contribution in [0, 0.1) is 18.8 Å². The maximum absolute atomic E-state index is 6.39. The van der Waals surface area contributed by atoms with Crippen molar-refractivity contribution in [1.82, 2.24) is 14.4 Å². The van der Waals surface area contributed by atoms with Gasteiger partial charge in [0.2, 0.25) is 0 Å². The summed E-state index contributed by atoms with van der Waals surface area (Å²) in [6.45, 7) is 16.8. The van der Waals surface area contributed by atoms with Crippen LogP contribution in [-0.2, 0) is 13.1 Å². The molecule has 0 saturated carbocycles. The third kappa shape index (κ3) is 9.92. The Hall–Kier alpha value is -2.05. The van der Waals surface area contributed by atoms with E-state index in [9.17, 15) is 0 Å². The number of anilines is 1. The van der Waals surface area contributed by atoms with Gasteiger partial charge in [0.25, 0.3) is 0 Å². The number of nitrogens with zero attached hydrogens (tertiary/aromatic N) is 3. The predicted octanol–water partition coefficient (Wildman–Crippen LogP) is 8.35. The molecule has 0 amide bonds. The molecule has 0 bridgehead atoms. The summed E-state index contributed by atoms with van der Waals surface area (Å²) in [5, 5.41) is 5.64. The van der Waals surface area contributed by atoms with Crippen molar-refractivity contribution in [2.45, 2.75) is 54.1 Å². The smallest absolute Gasteiger partial charge is 0.173 e. The third-order valence-corrected chi connectivity index (χ3v) is 7.42. The Balaban J connectivity index is 1.74. The van der Waals surface area contributed by atoms with Crippen LogP contribution >= 0.6 is 35.4 Å². The van der Waals surface area contributed by atoms with Crippen molar-refractivity contribution in [2.24, 2.45) is 11.8 Å². The van der Waals surface area contributed by atoms with Gasteiger partial charge >= 0.3 is 0 Å². The van der Waals surface area contributed by atoms with Crippen LogP contribution in [0.25, 0.3) is 0 Å². The molecule has 0 atom stereocenters. The Morgan fingerprint density at radius 1 is 0.947 bits per heavy atom. The van der Waals surface area contributed by atoms with E-state index in [1.165, 1.54) is 11.3 Å². The minimum absolute atomic E-state index is 0.648. The molecule has 0 fully saturated rings. The van der Waals surface area contributed by atoms with Crippen LogP contribution in [0.2, 0.25) is 10.0 Å². The van der Waals surface area contributed by atoms with Crippen molar-refractivity contribution in [3.8, 4) is 0 Å². The Kier molecular flexibility index (Phi) is 12.0. The van der Waals surface area contributed by atoms with E-state index >= 15 is 0 Å². The lowest BCUT2D eigenvalue weighted by molar-refractivity contribution is 0.209. The van der Waals surface area contributed by atoms with Crippen LogP contribution in [0.4, 0.5) is 5.69 Å². The van der Waals surface area contributed by atoms with Gasteiger partial charge in [-0.25, -0.2) is 0 Å². The molecule has 0 aliphatic rings. The zero-order valence-corrected chi connectivity index (χ0v) is 25.7. The molecule has 206 valence electrons. The highest BCUT2D eigenvalue weighted by Crippen LogP contribution is 2.21. The first-order valence-corrected chi connectivity index (χ1v) is 14.7. The first-order valence-electron chi connectivity index (χ1n) is 13.5. The summed E-state index contributed by atoms with van der Waals surface area (Å²) in [5.41, 5.74) is 4.39. The van der Waals surface area contributed by atoms with Crippen LogP contribution < -0.4 is 5.32 Å². The summed E-state index contributed by atoms with van der Waals surface area (Å²) in [4.78, 5) is 4.87. The number of aromatic nitrogens is 1. The van der Waals surface area contributed by atoms with Crippen LogP contribution in [0.15, 0.2) is 60.8 Å². The van der Waals surface area contributed by atoms with Crippen LogP contribution in [0.1, 0.15) is 50.9 Å². The number of thiocarbonyl (C=S) groups is 1. The molecule has 3 aromatic rings. The standard InChI is InChI=1S/C31H42Cl2N4S/c1-23(2)19-35(20-24(3)4)15-7-17-37(31(38)34-28-14-9-25(5)30(33)18-28)22-29-8-6-16-36(29)21-26-10-12-27(32)13-11-26/h6,8-14,16,18,23-24H,7,15,17,19-22H2,1-5H3,(H,34,38). The van der Waals surface area contributed by atoms with Crippen LogP contribution in [0.3, 0.4) is 0 Å². The Morgan fingerprint density at radius 2 is 1.63 bits per heavy atom. The van der Waals surface area contributed by atoms with E-state index < -0.39 is 0 Å². The first-order chi connectivity index (χ1) is 18.1. The minimum atomic E-state index is 0.648. The molecule has 7 heteroatoms. The maximum atomic E-state index is 6.39. The number of benzene rings is 2. The lowest BCUT2D eigenvalue weighted by atomic mass is 10.1. The second-order valence-corrected chi connectivity index (χ2v) is 12.2. The highest BCUT2D eigenvalue weighted by molar-refractivity contribution is 7.80. The molecule has 38 heavy (non-hydrogen) atoms. The molecule has 0 aliphatic heterocycles. The first kappa shape index (κ1) is 30.5. The van der Waals surface area contributed by atoms with Crippen molar-refractivity contribution in [3.05, 3.63) is 87.7 Å². The normalized spacial score (nSPS) is 11.5. The number of nitrogens with one attached hydrogen (secondary N) is 1. The van der Waals surface area contributed by atoms with E-state index in [1.807, 2.05) is 37.3 Å². The summed E-state index contributed by atoms with van der Waals surface area (Å²) >= 11 is 18.4. The van der Waals surface area contributed by atoms with Crippen molar-refractivity contribution in [3.63, 3.8) is 0 Å².